The summed E-state index contributed by atoms with van der Waals surface area (Å²) in [5.41, 5.74) is 1.69. The fraction of sp³-hybridized carbons (Fsp3) is 0.571. The summed E-state index contributed by atoms with van der Waals surface area (Å²) < 4.78 is 7.33. The molecule has 5 heteroatoms. The SMILES string of the molecule is COc1ccc2nc(C(C)Cl)n(C(C)C(C)C)c2n1. The summed E-state index contributed by atoms with van der Waals surface area (Å²) in [6.07, 6.45) is 0. The van der Waals surface area contributed by atoms with Gasteiger partial charge in [-0.3, -0.25) is 0 Å². The monoisotopic (exact) mass is 281 g/mol. The minimum absolute atomic E-state index is 0.151. The number of ether oxygens (including phenoxy) is 1. The van der Waals surface area contributed by atoms with Gasteiger partial charge in [-0.1, -0.05) is 13.8 Å². The summed E-state index contributed by atoms with van der Waals surface area (Å²) in [6.45, 7) is 8.46. The van der Waals surface area contributed by atoms with E-state index in [2.05, 4.69) is 35.3 Å². The molecule has 2 aromatic rings. The third kappa shape index (κ3) is 2.54. The van der Waals surface area contributed by atoms with Gasteiger partial charge in [0.25, 0.3) is 0 Å². The van der Waals surface area contributed by atoms with Crippen LogP contribution in [0.25, 0.3) is 11.2 Å². The summed E-state index contributed by atoms with van der Waals surface area (Å²) in [7, 11) is 1.62. The fourth-order valence-electron chi connectivity index (χ4n) is 2.07. The Morgan fingerprint density at radius 2 is 1.84 bits per heavy atom. The van der Waals surface area contributed by atoms with Crippen LogP contribution in [0.1, 0.15) is 44.9 Å². The first-order valence-corrected chi connectivity index (χ1v) is 6.96. The van der Waals surface area contributed by atoms with Crippen LogP contribution in [0.15, 0.2) is 12.1 Å². The fourth-order valence-corrected chi connectivity index (χ4v) is 2.22. The van der Waals surface area contributed by atoms with Crippen molar-refractivity contribution in [2.45, 2.75) is 39.1 Å². The average molecular weight is 282 g/mol. The maximum absolute atomic E-state index is 6.26. The molecule has 0 saturated heterocycles. The van der Waals surface area contributed by atoms with Crippen molar-refractivity contribution in [1.82, 2.24) is 14.5 Å². The van der Waals surface area contributed by atoms with Crippen molar-refractivity contribution in [3.63, 3.8) is 0 Å². The minimum Gasteiger partial charge on any atom is -0.481 e. The second-order valence-corrected chi connectivity index (χ2v) is 5.79. The maximum atomic E-state index is 6.26. The molecule has 0 aliphatic heterocycles. The molecule has 19 heavy (non-hydrogen) atoms. The molecule has 0 bridgehead atoms. The van der Waals surface area contributed by atoms with Crippen molar-refractivity contribution in [3.8, 4) is 5.88 Å². The van der Waals surface area contributed by atoms with Gasteiger partial charge in [0.2, 0.25) is 5.88 Å². The van der Waals surface area contributed by atoms with Crippen LogP contribution in [0.2, 0.25) is 0 Å². The van der Waals surface area contributed by atoms with E-state index in [4.69, 9.17) is 16.3 Å². The number of aromatic nitrogens is 3. The van der Waals surface area contributed by atoms with E-state index in [0.29, 0.717) is 11.8 Å². The summed E-state index contributed by atoms with van der Waals surface area (Å²) in [5.74, 6) is 1.93. The Bertz CT molecular complexity index is 577. The van der Waals surface area contributed by atoms with E-state index in [1.165, 1.54) is 0 Å². The molecule has 4 nitrogen and oxygen atoms in total. The number of rotatable bonds is 4. The van der Waals surface area contributed by atoms with Gasteiger partial charge in [0, 0.05) is 12.1 Å². The molecule has 0 radical (unpaired) electrons. The molecule has 0 saturated carbocycles. The zero-order valence-electron chi connectivity index (χ0n) is 12.0. The molecule has 0 aliphatic carbocycles. The van der Waals surface area contributed by atoms with Gasteiger partial charge in [-0.25, -0.2) is 4.98 Å². The molecule has 2 unspecified atom stereocenters. The predicted molar refractivity (Wildman–Crippen MR) is 77.9 cm³/mol. The first-order valence-electron chi connectivity index (χ1n) is 6.52. The highest BCUT2D eigenvalue weighted by Gasteiger charge is 2.22. The highest BCUT2D eigenvalue weighted by molar-refractivity contribution is 6.20. The lowest BCUT2D eigenvalue weighted by molar-refractivity contribution is 0.390. The molecule has 2 atom stereocenters. The third-order valence-electron chi connectivity index (χ3n) is 3.48. The molecule has 0 fully saturated rings. The number of hydrogen-bond acceptors (Lipinski definition) is 3. The smallest absolute Gasteiger partial charge is 0.215 e. The van der Waals surface area contributed by atoms with Crippen LogP contribution in [0.3, 0.4) is 0 Å². The van der Waals surface area contributed by atoms with E-state index >= 15 is 0 Å². The van der Waals surface area contributed by atoms with Crippen molar-refractivity contribution in [2.75, 3.05) is 7.11 Å². The van der Waals surface area contributed by atoms with Crippen molar-refractivity contribution < 1.29 is 4.74 Å². The van der Waals surface area contributed by atoms with Crippen LogP contribution in [0.4, 0.5) is 0 Å². The third-order valence-corrected chi connectivity index (χ3v) is 3.67. The Labute approximate surface area is 118 Å². The number of halogens is 1. The number of methoxy groups -OCH3 is 1. The Morgan fingerprint density at radius 1 is 1.16 bits per heavy atom. The van der Waals surface area contributed by atoms with Crippen LogP contribution in [0.5, 0.6) is 5.88 Å². The van der Waals surface area contributed by atoms with Crippen LogP contribution >= 0.6 is 11.6 Å². The zero-order chi connectivity index (χ0) is 14.2. The number of nitrogens with zero attached hydrogens (tertiary/aromatic N) is 3. The molecule has 0 aromatic carbocycles. The second kappa shape index (κ2) is 5.37. The lowest BCUT2D eigenvalue weighted by atomic mass is 10.1. The molecule has 0 aliphatic rings. The summed E-state index contributed by atoms with van der Waals surface area (Å²) in [4.78, 5) is 9.12. The van der Waals surface area contributed by atoms with Crippen molar-refractivity contribution in [1.29, 1.82) is 0 Å². The standard InChI is InChI=1S/C14H20ClN3O/c1-8(2)10(4)18-13(9(3)15)16-11-6-7-12(19-5)17-14(11)18/h6-10H,1-5H3. The van der Waals surface area contributed by atoms with Gasteiger partial charge in [-0.15, -0.1) is 11.6 Å². The summed E-state index contributed by atoms with van der Waals surface area (Å²) in [6, 6.07) is 4.02. The summed E-state index contributed by atoms with van der Waals surface area (Å²) >= 11 is 6.26. The average Bonchev–Trinajstić information content (AvgIpc) is 2.75. The Morgan fingerprint density at radius 3 is 2.37 bits per heavy atom. The van der Waals surface area contributed by atoms with Crippen LogP contribution < -0.4 is 4.74 Å². The van der Waals surface area contributed by atoms with Crippen molar-refractivity contribution in [2.24, 2.45) is 5.92 Å². The Balaban J connectivity index is 2.70. The molecule has 0 N–H and O–H groups in total. The number of pyridine rings is 1. The van der Waals surface area contributed by atoms with E-state index in [0.717, 1.165) is 17.0 Å². The van der Waals surface area contributed by atoms with Gasteiger partial charge in [0.1, 0.15) is 11.3 Å². The molecule has 104 valence electrons. The molecule has 0 amide bonds. The van der Waals surface area contributed by atoms with E-state index in [9.17, 15) is 0 Å². The lowest BCUT2D eigenvalue weighted by Crippen LogP contribution is -2.15. The number of alkyl halides is 1. The van der Waals surface area contributed by atoms with Crippen molar-refractivity contribution >= 4 is 22.8 Å². The van der Waals surface area contributed by atoms with E-state index in [1.54, 1.807) is 7.11 Å². The normalized spacial score (nSPS) is 14.9. The first-order chi connectivity index (χ1) is 8.95. The van der Waals surface area contributed by atoms with Crippen molar-refractivity contribution in [3.05, 3.63) is 18.0 Å². The van der Waals surface area contributed by atoms with Gasteiger partial charge in [-0.05, 0) is 25.8 Å². The maximum Gasteiger partial charge on any atom is 0.215 e. The molecular formula is C14H20ClN3O. The highest BCUT2D eigenvalue weighted by Crippen LogP contribution is 2.30. The number of hydrogen-bond donors (Lipinski definition) is 0. The van der Waals surface area contributed by atoms with Gasteiger partial charge in [0.15, 0.2) is 5.65 Å². The van der Waals surface area contributed by atoms with Gasteiger partial charge >= 0.3 is 0 Å². The number of fused-ring (bicyclic) bond motifs is 1. The van der Waals surface area contributed by atoms with E-state index < -0.39 is 0 Å². The van der Waals surface area contributed by atoms with Crippen LogP contribution in [0, 0.1) is 5.92 Å². The second-order valence-electron chi connectivity index (χ2n) is 5.14. The Hall–Kier alpha value is -1.29. The minimum atomic E-state index is -0.151. The predicted octanol–water partition coefficient (Wildman–Crippen LogP) is 3.96. The van der Waals surface area contributed by atoms with Gasteiger partial charge < -0.3 is 9.30 Å². The van der Waals surface area contributed by atoms with E-state index in [-0.39, 0.29) is 11.4 Å². The topological polar surface area (TPSA) is 39.9 Å². The van der Waals surface area contributed by atoms with Crippen LogP contribution in [-0.4, -0.2) is 21.6 Å². The summed E-state index contributed by atoms with van der Waals surface area (Å²) in [5, 5.41) is -0.151. The number of imidazole rings is 1. The highest BCUT2D eigenvalue weighted by atomic mass is 35.5. The van der Waals surface area contributed by atoms with Gasteiger partial charge in [-0.2, -0.15) is 4.98 Å². The quantitative estimate of drug-likeness (QED) is 0.797. The zero-order valence-corrected chi connectivity index (χ0v) is 12.8. The van der Waals surface area contributed by atoms with Gasteiger partial charge in [0.05, 0.1) is 12.5 Å². The Kier molecular flexibility index (Phi) is 3.99. The molecule has 2 heterocycles. The van der Waals surface area contributed by atoms with E-state index in [1.807, 2.05) is 19.1 Å². The molecule has 0 spiro atoms. The first kappa shape index (κ1) is 14.1. The largest absolute Gasteiger partial charge is 0.481 e. The molecule has 2 aromatic heterocycles. The molecular weight excluding hydrogens is 262 g/mol. The lowest BCUT2D eigenvalue weighted by Gasteiger charge is -2.21. The molecule has 2 rings (SSSR count). The van der Waals surface area contributed by atoms with Crippen LogP contribution in [-0.2, 0) is 0 Å².